The molecule has 2 amide bonds. The molecule has 2 aliphatic heterocycles. The van der Waals surface area contributed by atoms with E-state index in [1.165, 1.54) is 0 Å². The summed E-state index contributed by atoms with van der Waals surface area (Å²) in [6.45, 7) is 5.66. The van der Waals surface area contributed by atoms with Gasteiger partial charge in [-0.25, -0.2) is 4.98 Å². The zero-order chi connectivity index (χ0) is 20.4. The van der Waals surface area contributed by atoms with E-state index in [1.54, 1.807) is 18.6 Å². The molecule has 1 atom stereocenters. The van der Waals surface area contributed by atoms with Gasteiger partial charge in [0.25, 0.3) is 5.91 Å². The van der Waals surface area contributed by atoms with Crippen molar-refractivity contribution in [2.45, 2.75) is 57.9 Å². The van der Waals surface area contributed by atoms with Crippen molar-refractivity contribution in [1.82, 2.24) is 29.7 Å². The van der Waals surface area contributed by atoms with Gasteiger partial charge in [0, 0.05) is 50.9 Å². The molecular weight excluding hydrogens is 372 g/mol. The Morgan fingerprint density at radius 2 is 2.03 bits per heavy atom. The lowest BCUT2D eigenvalue weighted by molar-refractivity contribution is -0.176. The van der Waals surface area contributed by atoms with Crippen LogP contribution >= 0.6 is 0 Å². The van der Waals surface area contributed by atoms with Crippen LogP contribution in [0.5, 0.6) is 0 Å². The third kappa shape index (κ3) is 3.87. The quantitative estimate of drug-likeness (QED) is 0.822. The fraction of sp³-hybridized carbons (Fsp3) is 0.550. The summed E-state index contributed by atoms with van der Waals surface area (Å²) in [6.07, 6.45) is 8.09. The number of ether oxygens (including phenoxy) is 1. The van der Waals surface area contributed by atoms with Crippen molar-refractivity contribution >= 4 is 11.8 Å². The average Bonchev–Trinajstić information content (AvgIpc) is 3.23. The second kappa shape index (κ2) is 7.90. The zero-order valence-corrected chi connectivity index (χ0v) is 16.8. The monoisotopic (exact) mass is 398 g/mol. The number of fused-ring (bicyclic) bond motifs is 2. The van der Waals surface area contributed by atoms with Gasteiger partial charge in [-0.3, -0.25) is 19.6 Å². The van der Waals surface area contributed by atoms with E-state index in [-0.39, 0.29) is 11.8 Å². The average molecular weight is 398 g/mol. The van der Waals surface area contributed by atoms with Gasteiger partial charge in [-0.1, -0.05) is 6.92 Å². The lowest BCUT2D eigenvalue weighted by Crippen LogP contribution is -2.54. The first kappa shape index (κ1) is 19.5. The van der Waals surface area contributed by atoms with Gasteiger partial charge < -0.3 is 19.5 Å². The summed E-state index contributed by atoms with van der Waals surface area (Å²) in [6, 6.07) is 0. The van der Waals surface area contributed by atoms with Gasteiger partial charge in [-0.15, -0.1) is 0 Å². The summed E-state index contributed by atoms with van der Waals surface area (Å²) in [7, 11) is 0. The standard InChI is InChI=1S/C20H26N6O3/c1-3-17(27)25-7-4-20(5-8-25)19-21-6-9-26(19)13-16(29-20)18(28)24-12-15-11-22-14(2)10-23-15/h6,9-11,16H,3-5,7-8,12-13H2,1-2H3,(H,24,28)/t16-/m1/s1. The minimum absolute atomic E-state index is 0.146. The van der Waals surface area contributed by atoms with Gasteiger partial charge in [0.1, 0.15) is 11.4 Å². The number of imidazole rings is 1. The number of hydrogen-bond donors (Lipinski definition) is 1. The Bertz CT molecular complexity index is 886. The number of carbonyl (C=O) groups excluding carboxylic acids is 2. The van der Waals surface area contributed by atoms with Crippen molar-refractivity contribution in [3.05, 3.63) is 42.0 Å². The fourth-order valence-corrected chi connectivity index (χ4v) is 4.02. The van der Waals surface area contributed by atoms with Crippen LogP contribution in [0.4, 0.5) is 0 Å². The van der Waals surface area contributed by atoms with Gasteiger partial charge >= 0.3 is 0 Å². The maximum absolute atomic E-state index is 12.8. The number of piperidine rings is 1. The van der Waals surface area contributed by atoms with E-state index in [1.807, 2.05) is 29.5 Å². The summed E-state index contributed by atoms with van der Waals surface area (Å²) in [5.74, 6) is 0.806. The number of hydrogen-bond acceptors (Lipinski definition) is 6. The number of rotatable bonds is 4. The van der Waals surface area contributed by atoms with Crippen LogP contribution in [-0.4, -0.2) is 55.4 Å². The molecule has 4 heterocycles. The Morgan fingerprint density at radius 1 is 1.24 bits per heavy atom. The van der Waals surface area contributed by atoms with Crippen LogP contribution in [0.2, 0.25) is 0 Å². The third-order valence-electron chi connectivity index (χ3n) is 5.65. The smallest absolute Gasteiger partial charge is 0.251 e. The van der Waals surface area contributed by atoms with E-state index < -0.39 is 11.7 Å². The molecule has 2 aliphatic rings. The van der Waals surface area contributed by atoms with Crippen LogP contribution in [0.15, 0.2) is 24.8 Å². The molecule has 0 bridgehead atoms. The van der Waals surface area contributed by atoms with Crippen LogP contribution in [-0.2, 0) is 33.0 Å². The summed E-state index contributed by atoms with van der Waals surface area (Å²) in [5, 5.41) is 2.90. The molecule has 2 aromatic rings. The number of carbonyl (C=O) groups is 2. The molecule has 0 aromatic carbocycles. The lowest BCUT2D eigenvalue weighted by atomic mass is 9.88. The number of nitrogens with zero attached hydrogens (tertiary/aromatic N) is 5. The van der Waals surface area contributed by atoms with Crippen molar-refractivity contribution < 1.29 is 14.3 Å². The first-order valence-corrected chi connectivity index (χ1v) is 10.0. The highest BCUT2D eigenvalue weighted by Gasteiger charge is 2.47. The SMILES string of the molecule is CCC(=O)N1CCC2(CC1)O[C@@H](C(=O)NCc1cnc(C)cn1)Cn1ccnc12. The predicted molar refractivity (Wildman–Crippen MR) is 103 cm³/mol. The molecule has 154 valence electrons. The van der Waals surface area contributed by atoms with E-state index in [4.69, 9.17) is 4.74 Å². The largest absolute Gasteiger partial charge is 0.352 e. The van der Waals surface area contributed by atoms with Crippen LogP contribution in [0.25, 0.3) is 0 Å². The van der Waals surface area contributed by atoms with Crippen LogP contribution in [0.1, 0.15) is 43.4 Å². The van der Waals surface area contributed by atoms with Crippen molar-refractivity contribution in [1.29, 1.82) is 0 Å². The molecule has 1 fully saturated rings. The molecule has 0 radical (unpaired) electrons. The highest BCUT2D eigenvalue weighted by atomic mass is 16.5. The Labute approximate surface area is 169 Å². The van der Waals surface area contributed by atoms with E-state index in [0.29, 0.717) is 51.1 Å². The third-order valence-corrected chi connectivity index (χ3v) is 5.65. The fourth-order valence-electron chi connectivity index (χ4n) is 4.02. The van der Waals surface area contributed by atoms with Crippen molar-refractivity contribution in [2.75, 3.05) is 13.1 Å². The molecule has 0 aliphatic carbocycles. The first-order valence-electron chi connectivity index (χ1n) is 10.0. The molecular formula is C20H26N6O3. The van der Waals surface area contributed by atoms with Gasteiger partial charge in [-0.05, 0) is 6.92 Å². The second-order valence-corrected chi connectivity index (χ2v) is 7.61. The van der Waals surface area contributed by atoms with Crippen LogP contribution < -0.4 is 5.32 Å². The number of aromatic nitrogens is 4. The molecule has 29 heavy (non-hydrogen) atoms. The van der Waals surface area contributed by atoms with E-state index in [2.05, 4.69) is 20.3 Å². The minimum atomic E-state index is -0.641. The van der Waals surface area contributed by atoms with Crippen molar-refractivity contribution in [3.8, 4) is 0 Å². The van der Waals surface area contributed by atoms with E-state index in [9.17, 15) is 9.59 Å². The molecule has 0 saturated carbocycles. The zero-order valence-electron chi connectivity index (χ0n) is 16.8. The van der Waals surface area contributed by atoms with Gasteiger partial charge in [0.05, 0.1) is 30.7 Å². The molecule has 4 rings (SSSR count). The summed E-state index contributed by atoms with van der Waals surface area (Å²) < 4.78 is 8.36. The molecule has 9 nitrogen and oxygen atoms in total. The summed E-state index contributed by atoms with van der Waals surface area (Å²) in [5.41, 5.74) is 0.889. The van der Waals surface area contributed by atoms with Crippen molar-refractivity contribution in [3.63, 3.8) is 0 Å². The molecule has 1 spiro atoms. The summed E-state index contributed by atoms with van der Waals surface area (Å²) in [4.78, 5) is 39.7. The van der Waals surface area contributed by atoms with E-state index in [0.717, 1.165) is 11.5 Å². The lowest BCUT2D eigenvalue weighted by Gasteiger charge is -2.45. The van der Waals surface area contributed by atoms with Gasteiger partial charge in [-0.2, -0.15) is 0 Å². The summed E-state index contributed by atoms with van der Waals surface area (Å²) >= 11 is 0. The van der Waals surface area contributed by atoms with Crippen LogP contribution in [0.3, 0.4) is 0 Å². The number of aryl methyl sites for hydroxylation is 1. The van der Waals surface area contributed by atoms with Gasteiger partial charge in [0.15, 0.2) is 6.10 Å². The molecule has 2 aromatic heterocycles. The maximum atomic E-state index is 12.8. The maximum Gasteiger partial charge on any atom is 0.251 e. The molecule has 1 N–H and O–H groups in total. The molecule has 1 saturated heterocycles. The number of likely N-dealkylation sites (tertiary alicyclic amines) is 1. The topological polar surface area (TPSA) is 102 Å². The highest BCUT2D eigenvalue weighted by molar-refractivity contribution is 5.81. The first-order chi connectivity index (χ1) is 14.0. The Balaban J connectivity index is 1.46. The number of amides is 2. The highest BCUT2D eigenvalue weighted by Crippen LogP contribution is 2.40. The second-order valence-electron chi connectivity index (χ2n) is 7.61. The Hall–Kier alpha value is -2.81. The van der Waals surface area contributed by atoms with E-state index >= 15 is 0 Å². The minimum Gasteiger partial charge on any atom is -0.352 e. The molecule has 9 heteroatoms. The van der Waals surface area contributed by atoms with Crippen molar-refractivity contribution in [2.24, 2.45) is 0 Å². The Morgan fingerprint density at radius 3 is 2.72 bits per heavy atom. The van der Waals surface area contributed by atoms with Crippen LogP contribution in [0, 0.1) is 6.92 Å². The van der Waals surface area contributed by atoms with Gasteiger partial charge in [0.2, 0.25) is 5.91 Å². The normalized spacial score (nSPS) is 20.3. The predicted octanol–water partition coefficient (Wildman–Crippen LogP) is 0.924. The number of nitrogens with one attached hydrogen (secondary N) is 1. The molecule has 0 unspecified atom stereocenters. The Kier molecular flexibility index (Phi) is 5.31.